The lowest BCUT2D eigenvalue weighted by atomic mass is 10.2. The van der Waals surface area contributed by atoms with Crippen molar-refractivity contribution < 1.29 is 4.74 Å². The summed E-state index contributed by atoms with van der Waals surface area (Å²) in [6, 6.07) is 5.89. The Hall–Kier alpha value is -0.800. The Balaban J connectivity index is 2.79. The van der Waals surface area contributed by atoms with Gasteiger partial charge in [-0.05, 0) is 41.9 Å². The van der Waals surface area contributed by atoms with Gasteiger partial charge < -0.3 is 10.5 Å². The van der Waals surface area contributed by atoms with Crippen LogP contribution in [0, 0.1) is 0 Å². The Morgan fingerprint density at radius 2 is 2.20 bits per heavy atom. The second kappa shape index (κ2) is 5.93. The molecule has 2 nitrogen and oxygen atoms in total. The van der Waals surface area contributed by atoms with Crippen molar-refractivity contribution in [2.45, 2.75) is 20.4 Å². The zero-order chi connectivity index (χ0) is 11.3. The highest BCUT2D eigenvalue weighted by Crippen LogP contribution is 2.28. The molecule has 82 valence electrons. The molecule has 1 aromatic rings. The van der Waals surface area contributed by atoms with Crippen LogP contribution >= 0.6 is 15.9 Å². The van der Waals surface area contributed by atoms with Crippen LogP contribution in [0.1, 0.15) is 19.4 Å². The molecule has 0 aliphatic heterocycles. The summed E-state index contributed by atoms with van der Waals surface area (Å²) in [6.07, 6.45) is 2.04. The number of allylic oxidation sites excluding steroid dienone is 1. The Morgan fingerprint density at radius 3 is 2.80 bits per heavy atom. The van der Waals surface area contributed by atoms with Crippen LogP contribution in [0.15, 0.2) is 34.3 Å². The normalized spacial score (nSPS) is 9.87. The summed E-state index contributed by atoms with van der Waals surface area (Å²) >= 11 is 3.45. The van der Waals surface area contributed by atoms with Crippen molar-refractivity contribution in [3.05, 3.63) is 39.9 Å². The van der Waals surface area contributed by atoms with Gasteiger partial charge in [-0.25, -0.2) is 0 Å². The molecule has 0 aromatic heterocycles. The van der Waals surface area contributed by atoms with Gasteiger partial charge in [0.1, 0.15) is 12.4 Å². The molecule has 0 amide bonds. The summed E-state index contributed by atoms with van der Waals surface area (Å²) in [4.78, 5) is 0. The van der Waals surface area contributed by atoms with Crippen molar-refractivity contribution >= 4 is 15.9 Å². The smallest absolute Gasteiger partial charge is 0.138 e. The number of halogens is 1. The fourth-order valence-electron chi connectivity index (χ4n) is 1.17. The van der Waals surface area contributed by atoms with E-state index in [1.165, 1.54) is 5.57 Å². The first-order valence-corrected chi connectivity index (χ1v) is 5.68. The number of rotatable bonds is 4. The van der Waals surface area contributed by atoms with E-state index in [1.54, 1.807) is 0 Å². The third-order valence-electron chi connectivity index (χ3n) is 1.99. The van der Waals surface area contributed by atoms with E-state index in [0.29, 0.717) is 13.2 Å². The first-order valence-electron chi connectivity index (χ1n) is 4.88. The molecule has 0 spiro atoms. The van der Waals surface area contributed by atoms with Crippen LogP contribution in [0.25, 0.3) is 0 Å². The van der Waals surface area contributed by atoms with Gasteiger partial charge in [0.05, 0.1) is 4.47 Å². The van der Waals surface area contributed by atoms with Gasteiger partial charge >= 0.3 is 0 Å². The minimum Gasteiger partial charge on any atom is -0.488 e. The molecule has 0 unspecified atom stereocenters. The summed E-state index contributed by atoms with van der Waals surface area (Å²) < 4.78 is 6.62. The highest BCUT2D eigenvalue weighted by Gasteiger charge is 2.05. The minimum atomic E-state index is 0.490. The predicted octanol–water partition coefficient (Wildman–Crippen LogP) is 3.25. The average Bonchev–Trinajstić information content (AvgIpc) is 2.20. The molecule has 1 aromatic carbocycles. The third kappa shape index (κ3) is 3.68. The number of nitrogens with two attached hydrogens (primary N) is 1. The standard InChI is InChI=1S/C12H16BrNO/c1-9(2)6-7-15-12-10(8-14)4-3-5-11(12)13/h3-6H,7-8,14H2,1-2H3. The SMILES string of the molecule is CC(C)=CCOc1c(Br)cccc1CN. The van der Waals surface area contributed by atoms with E-state index < -0.39 is 0 Å². The van der Waals surface area contributed by atoms with E-state index >= 15 is 0 Å². The zero-order valence-electron chi connectivity index (χ0n) is 9.09. The molecule has 0 saturated heterocycles. The van der Waals surface area contributed by atoms with Crippen LogP contribution < -0.4 is 10.5 Å². The van der Waals surface area contributed by atoms with Crippen LogP contribution in [0.3, 0.4) is 0 Å². The van der Waals surface area contributed by atoms with Crippen molar-refractivity contribution in [3.8, 4) is 5.75 Å². The van der Waals surface area contributed by atoms with Gasteiger partial charge in [-0.3, -0.25) is 0 Å². The van der Waals surface area contributed by atoms with Crippen molar-refractivity contribution in [1.82, 2.24) is 0 Å². The van der Waals surface area contributed by atoms with Crippen LogP contribution in [0.5, 0.6) is 5.75 Å². The summed E-state index contributed by atoms with van der Waals surface area (Å²) in [5, 5.41) is 0. The number of hydrogen-bond acceptors (Lipinski definition) is 2. The number of hydrogen-bond donors (Lipinski definition) is 1. The van der Waals surface area contributed by atoms with E-state index in [1.807, 2.05) is 38.1 Å². The molecule has 3 heteroatoms. The fourth-order valence-corrected chi connectivity index (χ4v) is 1.69. The summed E-state index contributed by atoms with van der Waals surface area (Å²) in [5.41, 5.74) is 7.90. The maximum absolute atomic E-state index is 5.67. The van der Waals surface area contributed by atoms with E-state index in [2.05, 4.69) is 15.9 Å². The average molecular weight is 270 g/mol. The van der Waals surface area contributed by atoms with Gasteiger partial charge in [0.15, 0.2) is 0 Å². The Morgan fingerprint density at radius 1 is 1.47 bits per heavy atom. The predicted molar refractivity (Wildman–Crippen MR) is 67.0 cm³/mol. The molecule has 2 N–H and O–H groups in total. The summed E-state index contributed by atoms with van der Waals surface area (Å²) in [6.45, 7) is 5.17. The molecule has 1 rings (SSSR count). The maximum Gasteiger partial charge on any atom is 0.138 e. The molecule has 0 aliphatic rings. The Labute approximate surface area is 99.3 Å². The van der Waals surface area contributed by atoms with Crippen molar-refractivity contribution in [3.63, 3.8) is 0 Å². The highest BCUT2D eigenvalue weighted by atomic mass is 79.9. The van der Waals surface area contributed by atoms with Crippen LogP contribution in [0.4, 0.5) is 0 Å². The van der Waals surface area contributed by atoms with E-state index in [4.69, 9.17) is 10.5 Å². The molecular formula is C12H16BrNO. The quantitative estimate of drug-likeness (QED) is 0.852. The fraction of sp³-hybridized carbons (Fsp3) is 0.333. The summed E-state index contributed by atoms with van der Waals surface area (Å²) in [5.74, 6) is 0.845. The molecule has 0 saturated carbocycles. The highest BCUT2D eigenvalue weighted by molar-refractivity contribution is 9.10. The number of ether oxygens (including phenoxy) is 1. The largest absolute Gasteiger partial charge is 0.488 e. The lowest BCUT2D eigenvalue weighted by Crippen LogP contribution is -2.03. The van der Waals surface area contributed by atoms with Gasteiger partial charge in [0.2, 0.25) is 0 Å². The van der Waals surface area contributed by atoms with E-state index in [-0.39, 0.29) is 0 Å². The van der Waals surface area contributed by atoms with Gasteiger partial charge in [0, 0.05) is 12.1 Å². The molecule has 0 atom stereocenters. The molecule has 0 fully saturated rings. The van der Waals surface area contributed by atoms with Crippen molar-refractivity contribution in [1.29, 1.82) is 0 Å². The summed E-state index contributed by atoms with van der Waals surface area (Å²) in [7, 11) is 0. The Kier molecular flexibility index (Phi) is 4.85. The van der Waals surface area contributed by atoms with Gasteiger partial charge in [-0.1, -0.05) is 17.7 Å². The zero-order valence-corrected chi connectivity index (χ0v) is 10.7. The van der Waals surface area contributed by atoms with E-state index in [0.717, 1.165) is 15.8 Å². The van der Waals surface area contributed by atoms with Crippen LogP contribution in [0.2, 0.25) is 0 Å². The first kappa shape index (κ1) is 12.3. The van der Waals surface area contributed by atoms with Crippen LogP contribution in [-0.2, 0) is 6.54 Å². The number of para-hydroxylation sites is 1. The van der Waals surface area contributed by atoms with Crippen molar-refractivity contribution in [2.75, 3.05) is 6.61 Å². The van der Waals surface area contributed by atoms with E-state index in [9.17, 15) is 0 Å². The maximum atomic E-state index is 5.67. The van der Waals surface area contributed by atoms with Crippen molar-refractivity contribution in [2.24, 2.45) is 5.73 Å². The van der Waals surface area contributed by atoms with Gasteiger partial charge in [0.25, 0.3) is 0 Å². The number of benzene rings is 1. The third-order valence-corrected chi connectivity index (χ3v) is 2.61. The molecule has 0 bridgehead atoms. The molecule has 0 heterocycles. The van der Waals surface area contributed by atoms with Gasteiger partial charge in [-0.2, -0.15) is 0 Å². The molecule has 0 aliphatic carbocycles. The lowest BCUT2D eigenvalue weighted by molar-refractivity contribution is 0.355. The Bertz CT molecular complexity index is 357. The topological polar surface area (TPSA) is 35.2 Å². The minimum absolute atomic E-state index is 0.490. The van der Waals surface area contributed by atoms with Crippen LogP contribution in [-0.4, -0.2) is 6.61 Å². The van der Waals surface area contributed by atoms with Gasteiger partial charge in [-0.15, -0.1) is 0 Å². The lowest BCUT2D eigenvalue weighted by Gasteiger charge is -2.10. The molecular weight excluding hydrogens is 254 g/mol. The second-order valence-corrected chi connectivity index (χ2v) is 4.38. The molecule has 0 radical (unpaired) electrons. The second-order valence-electron chi connectivity index (χ2n) is 3.52. The monoisotopic (exact) mass is 269 g/mol. The first-order chi connectivity index (χ1) is 7.15. The molecule has 15 heavy (non-hydrogen) atoms.